The number of benzene rings is 2. The van der Waals surface area contributed by atoms with Gasteiger partial charge >= 0.3 is 6.18 Å². The highest BCUT2D eigenvalue weighted by atomic mass is 19.4. The summed E-state index contributed by atoms with van der Waals surface area (Å²) in [4.78, 5) is 16.6. The Labute approximate surface area is 142 Å². The van der Waals surface area contributed by atoms with Crippen molar-refractivity contribution in [2.75, 3.05) is 5.32 Å². The number of hydrogen-bond donors (Lipinski definition) is 1. The molecule has 1 heterocycles. The van der Waals surface area contributed by atoms with Crippen molar-refractivity contribution in [3.63, 3.8) is 0 Å². The summed E-state index contributed by atoms with van der Waals surface area (Å²) in [5, 5.41) is 2.55. The van der Waals surface area contributed by atoms with Gasteiger partial charge in [0, 0.05) is 11.3 Å². The van der Waals surface area contributed by atoms with Crippen molar-refractivity contribution >= 4 is 11.6 Å². The Bertz CT molecular complexity index is 875. The molecule has 2 aromatic carbocycles. The minimum absolute atomic E-state index is 0.182. The molecule has 1 amide bonds. The molecule has 0 spiro atoms. The lowest BCUT2D eigenvalue weighted by atomic mass is 10.1. The molecular formula is C19H13F3N2O. The minimum atomic E-state index is -4.41. The molecule has 25 heavy (non-hydrogen) atoms. The third-order valence-corrected chi connectivity index (χ3v) is 3.52. The van der Waals surface area contributed by atoms with Gasteiger partial charge < -0.3 is 5.32 Å². The van der Waals surface area contributed by atoms with Crippen LogP contribution in [0.5, 0.6) is 0 Å². The van der Waals surface area contributed by atoms with Crippen LogP contribution < -0.4 is 5.32 Å². The number of alkyl halides is 3. The van der Waals surface area contributed by atoms with Crippen LogP contribution in [0.1, 0.15) is 16.1 Å². The van der Waals surface area contributed by atoms with Gasteiger partial charge in [0.2, 0.25) is 0 Å². The predicted molar refractivity (Wildman–Crippen MR) is 89.1 cm³/mol. The Hall–Kier alpha value is -3.15. The van der Waals surface area contributed by atoms with Crippen molar-refractivity contribution < 1.29 is 18.0 Å². The van der Waals surface area contributed by atoms with E-state index in [0.29, 0.717) is 5.69 Å². The molecule has 1 N–H and O–H groups in total. The second-order valence-electron chi connectivity index (χ2n) is 5.30. The third kappa shape index (κ3) is 4.03. The van der Waals surface area contributed by atoms with Gasteiger partial charge in [0.15, 0.2) is 0 Å². The lowest BCUT2D eigenvalue weighted by Gasteiger charge is -2.09. The Balaban J connectivity index is 1.78. The molecule has 3 nitrogen and oxygen atoms in total. The molecule has 0 aliphatic carbocycles. The van der Waals surface area contributed by atoms with Gasteiger partial charge in [0.05, 0.1) is 11.3 Å². The fourth-order valence-corrected chi connectivity index (χ4v) is 2.27. The van der Waals surface area contributed by atoms with Gasteiger partial charge in [-0.05, 0) is 36.4 Å². The lowest BCUT2D eigenvalue weighted by molar-refractivity contribution is -0.137. The van der Waals surface area contributed by atoms with Crippen LogP contribution >= 0.6 is 0 Å². The van der Waals surface area contributed by atoms with Crippen molar-refractivity contribution in [3.05, 3.63) is 84.1 Å². The summed E-state index contributed by atoms with van der Waals surface area (Å²) in [6.07, 6.45) is -4.41. The maximum atomic E-state index is 12.6. The van der Waals surface area contributed by atoms with Crippen LogP contribution in [0.15, 0.2) is 72.8 Å². The Morgan fingerprint density at radius 1 is 0.840 bits per heavy atom. The summed E-state index contributed by atoms with van der Waals surface area (Å²) in [6, 6.07) is 18.7. The zero-order valence-electron chi connectivity index (χ0n) is 12.9. The summed E-state index contributed by atoms with van der Waals surface area (Å²) >= 11 is 0. The maximum absolute atomic E-state index is 12.6. The van der Waals surface area contributed by atoms with Crippen LogP contribution in [-0.4, -0.2) is 10.9 Å². The lowest BCUT2D eigenvalue weighted by Crippen LogP contribution is -2.14. The average Bonchev–Trinajstić information content (AvgIpc) is 2.62. The summed E-state index contributed by atoms with van der Waals surface area (Å²) in [5.74, 6) is -0.488. The van der Waals surface area contributed by atoms with Crippen molar-refractivity contribution in [2.24, 2.45) is 0 Å². The van der Waals surface area contributed by atoms with Gasteiger partial charge in [-0.25, -0.2) is 4.98 Å². The van der Waals surface area contributed by atoms with E-state index >= 15 is 0 Å². The van der Waals surface area contributed by atoms with E-state index < -0.39 is 17.6 Å². The standard InChI is InChI=1S/C19H13F3N2O/c20-19(21,22)14-9-11-15(12-10-14)23-18(25)17-8-4-7-16(24-17)13-5-2-1-3-6-13/h1-12H,(H,23,25). The second kappa shape index (κ2) is 6.76. The van der Waals surface area contributed by atoms with Gasteiger partial charge in [-0.3, -0.25) is 4.79 Å². The van der Waals surface area contributed by atoms with Gasteiger partial charge in [0.25, 0.3) is 5.91 Å². The zero-order chi connectivity index (χ0) is 17.9. The highest BCUT2D eigenvalue weighted by Gasteiger charge is 2.30. The Morgan fingerprint density at radius 3 is 2.16 bits per heavy atom. The van der Waals surface area contributed by atoms with Crippen LogP contribution in [0.2, 0.25) is 0 Å². The first-order valence-electron chi connectivity index (χ1n) is 7.44. The smallest absolute Gasteiger partial charge is 0.321 e. The number of nitrogens with one attached hydrogen (secondary N) is 1. The second-order valence-corrected chi connectivity index (χ2v) is 5.30. The fourth-order valence-electron chi connectivity index (χ4n) is 2.27. The normalized spacial score (nSPS) is 11.2. The molecule has 3 aromatic rings. The van der Waals surface area contributed by atoms with Crippen LogP contribution in [0.25, 0.3) is 11.3 Å². The monoisotopic (exact) mass is 342 g/mol. The van der Waals surface area contributed by atoms with Crippen molar-refractivity contribution in [3.8, 4) is 11.3 Å². The summed E-state index contributed by atoms with van der Waals surface area (Å²) in [6.45, 7) is 0. The number of carbonyl (C=O) groups excluding carboxylic acids is 1. The minimum Gasteiger partial charge on any atom is -0.321 e. The van der Waals surface area contributed by atoms with E-state index in [1.54, 1.807) is 18.2 Å². The molecule has 0 radical (unpaired) electrons. The van der Waals surface area contributed by atoms with E-state index in [-0.39, 0.29) is 11.4 Å². The molecule has 0 bridgehead atoms. The van der Waals surface area contributed by atoms with E-state index in [9.17, 15) is 18.0 Å². The van der Waals surface area contributed by atoms with E-state index in [1.165, 1.54) is 12.1 Å². The molecular weight excluding hydrogens is 329 g/mol. The third-order valence-electron chi connectivity index (χ3n) is 3.52. The molecule has 6 heteroatoms. The van der Waals surface area contributed by atoms with Crippen molar-refractivity contribution in [2.45, 2.75) is 6.18 Å². The van der Waals surface area contributed by atoms with Crippen LogP contribution in [-0.2, 0) is 6.18 Å². The van der Waals surface area contributed by atoms with E-state index in [4.69, 9.17) is 0 Å². The summed E-state index contributed by atoms with van der Waals surface area (Å²) < 4.78 is 37.7. The van der Waals surface area contributed by atoms with Gasteiger partial charge in [-0.15, -0.1) is 0 Å². The Kier molecular flexibility index (Phi) is 4.52. The van der Waals surface area contributed by atoms with Crippen molar-refractivity contribution in [1.82, 2.24) is 4.98 Å². The van der Waals surface area contributed by atoms with Gasteiger partial charge in [-0.2, -0.15) is 13.2 Å². The number of rotatable bonds is 3. The number of carbonyl (C=O) groups is 1. The molecule has 0 aliphatic rings. The molecule has 0 atom stereocenters. The maximum Gasteiger partial charge on any atom is 0.416 e. The molecule has 0 saturated carbocycles. The largest absolute Gasteiger partial charge is 0.416 e. The van der Waals surface area contributed by atoms with Crippen LogP contribution in [0.3, 0.4) is 0 Å². The highest BCUT2D eigenvalue weighted by Crippen LogP contribution is 2.29. The fraction of sp³-hybridized carbons (Fsp3) is 0.0526. The first-order valence-corrected chi connectivity index (χ1v) is 7.44. The molecule has 0 saturated heterocycles. The average molecular weight is 342 g/mol. The predicted octanol–water partition coefficient (Wildman–Crippen LogP) is 5.02. The zero-order valence-corrected chi connectivity index (χ0v) is 12.9. The van der Waals surface area contributed by atoms with Crippen molar-refractivity contribution in [1.29, 1.82) is 0 Å². The number of anilines is 1. The number of halogens is 3. The number of hydrogen-bond acceptors (Lipinski definition) is 2. The number of amides is 1. The number of pyridine rings is 1. The van der Waals surface area contributed by atoms with E-state index in [1.807, 2.05) is 30.3 Å². The first-order chi connectivity index (χ1) is 11.9. The number of aromatic nitrogens is 1. The SMILES string of the molecule is O=C(Nc1ccc(C(F)(F)F)cc1)c1cccc(-c2ccccc2)n1. The van der Waals surface area contributed by atoms with Gasteiger partial charge in [0.1, 0.15) is 5.69 Å². The first kappa shape index (κ1) is 16.7. The van der Waals surface area contributed by atoms with E-state index in [0.717, 1.165) is 17.7 Å². The highest BCUT2D eigenvalue weighted by molar-refractivity contribution is 6.03. The molecule has 0 aliphatic heterocycles. The summed E-state index contributed by atoms with van der Waals surface area (Å²) in [7, 11) is 0. The topological polar surface area (TPSA) is 42.0 Å². The molecule has 3 rings (SSSR count). The van der Waals surface area contributed by atoms with E-state index in [2.05, 4.69) is 10.3 Å². The van der Waals surface area contributed by atoms with Gasteiger partial charge in [-0.1, -0.05) is 36.4 Å². The molecule has 1 aromatic heterocycles. The molecule has 0 fully saturated rings. The summed E-state index contributed by atoms with van der Waals surface area (Å²) in [5.41, 5.74) is 1.19. The van der Waals surface area contributed by atoms with Crippen LogP contribution in [0, 0.1) is 0 Å². The molecule has 126 valence electrons. The number of nitrogens with zero attached hydrogens (tertiary/aromatic N) is 1. The quantitative estimate of drug-likeness (QED) is 0.726. The van der Waals surface area contributed by atoms with Crippen LogP contribution in [0.4, 0.5) is 18.9 Å². The molecule has 0 unspecified atom stereocenters. The Morgan fingerprint density at radius 2 is 1.52 bits per heavy atom.